The summed E-state index contributed by atoms with van der Waals surface area (Å²) in [7, 11) is 1.45. The number of likely N-dealkylation sites (N-methyl/N-ethyl adjacent to an activating group) is 1. The number of carbonyl (C=O) groups excluding carboxylic acids is 2. The number of phosphoric ester groups is 1. The Morgan fingerprint density at radius 2 is 0.731 bits per heavy atom. The van der Waals surface area contributed by atoms with E-state index in [9.17, 15) is 19.0 Å². The minimum Gasteiger partial charge on any atom is -0.462 e. The van der Waals surface area contributed by atoms with Crippen LogP contribution in [0.2, 0.25) is 0 Å². The van der Waals surface area contributed by atoms with Crippen molar-refractivity contribution >= 4 is 19.8 Å². The van der Waals surface area contributed by atoms with E-state index in [0.717, 1.165) is 103 Å². The molecule has 0 heterocycles. The smallest absolute Gasteiger partial charge is 0.462 e. The van der Waals surface area contributed by atoms with Crippen molar-refractivity contribution in [1.82, 2.24) is 0 Å². The first kappa shape index (κ1) is 74.7. The quantitative estimate of drug-likeness (QED) is 0.0211. The van der Waals surface area contributed by atoms with Crippen LogP contribution in [0.1, 0.15) is 258 Å². The Labute approximate surface area is 480 Å². The number of allylic oxidation sites excluding steroid dienone is 18. The fourth-order valence-corrected chi connectivity index (χ4v) is 9.18. The lowest BCUT2D eigenvalue weighted by atomic mass is 10.0. The number of hydrogen-bond acceptors (Lipinski definition) is 7. The zero-order valence-electron chi connectivity index (χ0n) is 50.9. The topological polar surface area (TPSA) is 108 Å². The van der Waals surface area contributed by atoms with Gasteiger partial charge in [-0.3, -0.25) is 18.6 Å². The van der Waals surface area contributed by atoms with Gasteiger partial charge in [0.15, 0.2) is 6.10 Å². The minimum atomic E-state index is -4.40. The Kier molecular flexibility index (Phi) is 55.8. The van der Waals surface area contributed by atoms with Crippen molar-refractivity contribution in [1.29, 1.82) is 0 Å². The van der Waals surface area contributed by atoms with Crippen molar-refractivity contribution in [2.75, 3.05) is 47.5 Å². The Balaban J connectivity index is 4.18. The van der Waals surface area contributed by atoms with Crippen LogP contribution in [0.25, 0.3) is 0 Å². The summed E-state index contributed by atoms with van der Waals surface area (Å²) in [5.74, 6) is -0.821. The zero-order valence-corrected chi connectivity index (χ0v) is 51.8. The molecular weight excluding hydrogens is 990 g/mol. The largest absolute Gasteiger partial charge is 0.472 e. The molecule has 0 bridgehead atoms. The van der Waals surface area contributed by atoms with Gasteiger partial charge in [0.1, 0.15) is 19.8 Å². The van der Waals surface area contributed by atoms with Crippen molar-refractivity contribution in [3.63, 3.8) is 0 Å². The number of esters is 2. The first-order valence-electron chi connectivity index (χ1n) is 31.6. The molecule has 0 aromatic heterocycles. The fraction of sp³-hybridized carbons (Fsp3) is 0.706. The summed E-state index contributed by atoms with van der Waals surface area (Å²) < 4.78 is 34.6. The zero-order chi connectivity index (χ0) is 57.0. The molecule has 0 aliphatic carbocycles. The molecule has 0 aromatic carbocycles. The van der Waals surface area contributed by atoms with Gasteiger partial charge in [-0.05, 0) is 103 Å². The molecule has 10 heteroatoms. The maximum absolute atomic E-state index is 12.8. The van der Waals surface area contributed by atoms with Crippen LogP contribution >= 0.6 is 7.82 Å². The number of unbranched alkanes of at least 4 members (excludes halogenated alkanes) is 25. The molecule has 0 fully saturated rings. The van der Waals surface area contributed by atoms with Gasteiger partial charge in [-0.1, -0.05) is 252 Å². The van der Waals surface area contributed by atoms with E-state index in [1.165, 1.54) is 122 Å². The third-order valence-electron chi connectivity index (χ3n) is 13.3. The number of nitrogens with zero attached hydrogens (tertiary/aromatic N) is 1. The number of ether oxygens (including phenoxy) is 2. The van der Waals surface area contributed by atoms with Gasteiger partial charge in [0.25, 0.3) is 0 Å². The molecule has 2 unspecified atom stereocenters. The van der Waals surface area contributed by atoms with E-state index in [-0.39, 0.29) is 32.0 Å². The van der Waals surface area contributed by atoms with Crippen LogP contribution in [0.5, 0.6) is 0 Å². The highest BCUT2D eigenvalue weighted by Crippen LogP contribution is 2.43. The van der Waals surface area contributed by atoms with Crippen LogP contribution in [-0.2, 0) is 32.7 Å². The van der Waals surface area contributed by atoms with E-state index < -0.39 is 26.5 Å². The molecule has 0 saturated heterocycles. The van der Waals surface area contributed by atoms with E-state index in [0.29, 0.717) is 17.4 Å². The van der Waals surface area contributed by atoms with Gasteiger partial charge in [-0.15, -0.1) is 0 Å². The number of quaternary nitrogens is 1. The highest BCUT2D eigenvalue weighted by atomic mass is 31.2. The molecule has 9 nitrogen and oxygen atoms in total. The van der Waals surface area contributed by atoms with Crippen LogP contribution in [-0.4, -0.2) is 74.9 Å². The van der Waals surface area contributed by atoms with Crippen LogP contribution in [0.3, 0.4) is 0 Å². The molecule has 2 atom stereocenters. The predicted molar refractivity (Wildman–Crippen MR) is 335 cm³/mol. The first-order valence-corrected chi connectivity index (χ1v) is 33.1. The van der Waals surface area contributed by atoms with E-state index in [1.54, 1.807) is 0 Å². The summed E-state index contributed by atoms with van der Waals surface area (Å²) in [5, 5.41) is 0. The highest BCUT2D eigenvalue weighted by Gasteiger charge is 2.27. The molecule has 1 N–H and O–H groups in total. The molecule has 0 radical (unpaired) electrons. The predicted octanol–water partition coefficient (Wildman–Crippen LogP) is 20.2. The number of hydrogen-bond donors (Lipinski definition) is 1. The second-order valence-corrected chi connectivity index (χ2v) is 23.5. The first-order chi connectivity index (χ1) is 38.0. The van der Waals surface area contributed by atoms with Gasteiger partial charge in [0, 0.05) is 12.8 Å². The van der Waals surface area contributed by atoms with E-state index >= 15 is 0 Å². The maximum atomic E-state index is 12.8. The number of rotatable bonds is 57. The summed E-state index contributed by atoms with van der Waals surface area (Å²) in [6.07, 6.45) is 81.6. The normalized spacial score (nSPS) is 14.0. The van der Waals surface area contributed by atoms with Crippen molar-refractivity contribution < 1.29 is 42.1 Å². The van der Waals surface area contributed by atoms with Crippen molar-refractivity contribution in [3.8, 4) is 0 Å². The SMILES string of the molecule is CC/C=C\C/C=C\C/C=C\C/C=C\C/C=C\C/C=C\C/C=C\CCCCCCCC(=O)OC(COC(=O)CCCCCCCCCCCCCCCCC/C=C\C/C=C\CCCCCCC)COP(=O)(O)OCC[N+](C)(C)C. The molecule has 0 amide bonds. The molecule has 0 rings (SSSR count). The Morgan fingerprint density at radius 1 is 0.410 bits per heavy atom. The molecule has 0 aliphatic rings. The summed E-state index contributed by atoms with van der Waals surface area (Å²) in [5.41, 5.74) is 0. The monoisotopic (exact) mass is 1110 g/mol. The lowest BCUT2D eigenvalue weighted by Gasteiger charge is -2.24. The lowest BCUT2D eigenvalue weighted by Crippen LogP contribution is -2.37. The molecule has 0 saturated carbocycles. The van der Waals surface area contributed by atoms with Gasteiger partial charge in [0.2, 0.25) is 0 Å². The van der Waals surface area contributed by atoms with Gasteiger partial charge in [-0.2, -0.15) is 0 Å². The Hall–Kier alpha value is -3.33. The average molecular weight is 1110 g/mol. The van der Waals surface area contributed by atoms with Crippen LogP contribution in [0.15, 0.2) is 109 Å². The molecule has 0 aliphatic heterocycles. The molecule has 448 valence electrons. The fourth-order valence-electron chi connectivity index (χ4n) is 8.44. The van der Waals surface area contributed by atoms with Crippen molar-refractivity contribution in [3.05, 3.63) is 109 Å². The summed E-state index contributed by atoms with van der Waals surface area (Å²) >= 11 is 0. The van der Waals surface area contributed by atoms with Gasteiger partial charge >= 0.3 is 19.8 Å². The number of carbonyl (C=O) groups is 2. The van der Waals surface area contributed by atoms with Gasteiger partial charge in [0.05, 0.1) is 27.7 Å². The molecular formula is C68H119NO8P+. The highest BCUT2D eigenvalue weighted by molar-refractivity contribution is 7.47. The van der Waals surface area contributed by atoms with Crippen molar-refractivity contribution in [2.45, 2.75) is 264 Å². The molecule has 0 spiro atoms. The third-order valence-corrected chi connectivity index (χ3v) is 14.3. The Bertz CT molecular complexity index is 1680. The summed E-state index contributed by atoms with van der Waals surface area (Å²) in [6, 6.07) is 0. The van der Waals surface area contributed by atoms with Gasteiger partial charge in [-0.25, -0.2) is 4.57 Å². The van der Waals surface area contributed by atoms with Gasteiger partial charge < -0.3 is 18.9 Å². The second-order valence-electron chi connectivity index (χ2n) is 22.1. The number of phosphoric acid groups is 1. The maximum Gasteiger partial charge on any atom is 0.472 e. The van der Waals surface area contributed by atoms with Crippen molar-refractivity contribution in [2.24, 2.45) is 0 Å². The van der Waals surface area contributed by atoms with E-state index in [2.05, 4.69) is 123 Å². The lowest BCUT2D eigenvalue weighted by molar-refractivity contribution is -0.870. The van der Waals surface area contributed by atoms with Crippen LogP contribution in [0.4, 0.5) is 0 Å². The molecule has 78 heavy (non-hydrogen) atoms. The van der Waals surface area contributed by atoms with Crippen LogP contribution < -0.4 is 0 Å². The Morgan fingerprint density at radius 3 is 1.09 bits per heavy atom. The summed E-state index contributed by atoms with van der Waals surface area (Å²) in [6.45, 7) is 4.29. The average Bonchev–Trinajstić information content (AvgIpc) is 3.41. The third kappa shape index (κ3) is 61.9. The summed E-state index contributed by atoms with van der Waals surface area (Å²) in [4.78, 5) is 35.8. The second kappa shape index (κ2) is 58.3. The van der Waals surface area contributed by atoms with E-state index in [1.807, 2.05) is 21.1 Å². The minimum absolute atomic E-state index is 0.0224. The van der Waals surface area contributed by atoms with E-state index in [4.69, 9.17) is 18.5 Å². The van der Waals surface area contributed by atoms with Crippen LogP contribution in [0, 0.1) is 0 Å². The molecule has 0 aromatic rings. The standard InChI is InChI=1S/C68H118NO8P/c1-6-8-10-12-14-16-18-20-22-24-26-28-30-32-34-36-38-40-42-44-46-48-50-52-54-56-58-60-67(70)74-64-66(65-76-78(72,73)75-63-62-69(3,4)5)77-68(71)61-59-57-55-53-51-49-47-45-43-41-39-37-35-33-31-29-27-25-23-21-19-17-15-13-11-9-7-2/h9,11,15,17-18,20-21,23-24,26-27,29,33,35,39,41,45,47,66H,6-8,10,12-14,16,19,22,25,28,30-32,34,36-38,40,42-44,46,48-65H2,1-5H3/p+1/b11-9-,17-15-,20-18-,23-21-,26-24-,29-27-,35-33-,41-39-,47-45-.